The normalized spacial score (nSPS) is 23.1. The van der Waals surface area contributed by atoms with Crippen LogP contribution in [0.4, 0.5) is 0 Å². The van der Waals surface area contributed by atoms with E-state index in [1.165, 1.54) is 6.42 Å². The lowest BCUT2D eigenvalue weighted by molar-refractivity contribution is -0.138. The topological polar surface area (TPSA) is 35.6 Å². The highest BCUT2D eigenvalue weighted by Crippen LogP contribution is 2.21. The standard InChI is InChI=1S/C16H33N3O/c1-5-18(6-2)13-10-14-19(7-3)15(20)16(4)11-8-9-12-17-16/h17H,5-14H2,1-4H3. The maximum atomic E-state index is 12.7. The number of nitrogens with one attached hydrogen (secondary N) is 1. The number of hydrogen-bond acceptors (Lipinski definition) is 3. The molecule has 1 fully saturated rings. The number of piperidine rings is 1. The number of hydrogen-bond donors (Lipinski definition) is 1. The molecule has 1 amide bonds. The molecule has 1 heterocycles. The second kappa shape index (κ2) is 8.63. The highest BCUT2D eigenvalue weighted by Gasteiger charge is 2.36. The molecule has 1 atom stereocenters. The predicted octanol–water partition coefficient (Wildman–Crippen LogP) is 2.10. The first kappa shape index (κ1) is 17.4. The van der Waals surface area contributed by atoms with Crippen molar-refractivity contribution in [3.63, 3.8) is 0 Å². The molecule has 0 radical (unpaired) electrons. The zero-order chi connectivity index (χ0) is 15.0. The van der Waals surface area contributed by atoms with Crippen molar-refractivity contribution in [2.45, 2.75) is 58.9 Å². The fourth-order valence-corrected chi connectivity index (χ4v) is 3.02. The number of nitrogens with zero attached hydrogens (tertiary/aromatic N) is 2. The molecule has 0 bridgehead atoms. The third-order valence-corrected chi connectivity index (χ3v) is 4.56. The number of likely N-dealkylation sites (N-methyl/N-ethyl adjacent to an activating group) is 1. The average Bonchev–Trinajstić information content (AvgIpc) is 2.48. The van der Waals surface area contributed by atoms with E-state index in [2.05, 4.69) is 37.9 Å². The van der Waals surface area contributed by atoms with Gasteiger partial charge in [0.2, 0.25) is 5.91 Å². The quantitative estimate of drug-likeness (QED) is 0.741. The molecular formula is C16H33N3O. The van der Waals surface area contributed by atoms with Crippen LogP contribution in [-0.4, -0.2) is 60.5 Å². The van der Waals surface area contributed by atoms with Gasteiger partial charge in [-0.2, -0.15) is 0 Å². The van der Waals surface area contributed by atoms with E-state index in [-0.39, 0.29) is 5.54 Å². The Morgan fingerprint density at radius 3 is 2.30 bits per heavy atom. The van der Waals surface area contributed by atoms with Gasteiger partial charge in [0.1, 0.15) is 0 Å². The van der Waals surface area contributed by atoms with Crippen LogP contribution in [0.5, 0.6) is 0 Å². The SMILES string of the molecule is CCN(CC)CCCN(CC)C(=O)C1(C)CCCCN1. The molecule has 0 aromatic carbocycles. The molecule has 118 valence electrons. The van der Waals surface area contributed by atoms with Crippen LogP contribution in [0.25, 0.3) is 0 Å². The van der Waals surface area contributed by atoms with E-state index < -0.39 is 0 Å². The van der Waals surface area contributed by atoms with Crippen LogP contribution >= 0.6 is 0 Å². The summed E-state index contributed by atoms with van der Waals surface area (Å²) in [5, 5.41) is 3.43. The van der Waals surface area contributed by atoms with Crippen LogP contribution in [0.3, 0.4) is 0 Å². The van der Waals surface area contributed by atoms with Crippen LogP contribution in [0.2, 0.25) is 0 Å². The highest BCUT2D eigenvalue weighted by atomic mass is 16.2. The lowest BCUT2D eigenvalue weighted by Crippen LogP contribution is -2.58. The Kier molecular flexibility index (Phi) is 7.52. The second-order valence-corrected chi connectivity index (χ2v) is 5.98. The third kappa shape index (κ3) is 4.74. The minimum atomic E-state index is -0.330. The molecule has 4 nitrogen and oxygen atoms in total. The number of carbonyl (C=O) groups is 1. The van der Waals surface area contributed by atoms with E-state index in [1.54, 1.807) is 0 Å². The van der Waals surface area contributed by atoms with Gasteiger partial charge >= 0.3 is 0 Å². The molecule has 0 saturated carbocycles. The Balaban J connectivity index is 2.46. The first-order valence-electron chi connectivity index (χ1n) is 8.34. The van der Waals surface area contributed by atoms with Gasteiger partial charge < -0.3 is 15.1 Å². The van der Waals surface area contributed by atoms with Gasteiger partial charge in [0, 0.05) is 13.1 Å². The number of carbonyl (C=O) groups excluding carboxylic acids is 1. The van der Waals surface area contributed by atoms with Gasteiger partial charge in [-0.15, -0.1) is 0 Å². The zero-order valence-corrected chi connectivity index (χ0v) is 13.9. The molecular weight excluding hydrogens is 250 g/mol. The molecule has 1 aliphatic rings. The van der Waals surface area contributed by atoms with Gasteiger partial charge in [0.15, 0.2) is 0 Å². The summed E-state index contributed by atoms with van der Waals surface area (Å²) in [6, 6.07) is 0. The van der Waals surface area contributed by atoms with Gasteiger partial charge in [-0.05, 0) is 65.7 Å². The van der Waals surface area contributed by atoms with Crippen molar-refractivity contribution in [2.75, 3.05) is 39.3 Å². The van der Waals surface area contributed by atoms with Crippen molar-refractivity contribution in [1.82, 2.24) is 15.1 Å². The Labute approximate surface area is 124 Å². The first-order valence-corrected chi connectivity index (χ1v) is 8.34. The summed E-state index contributed by atoms with van der Waals surface area (Å²) >= 11 is 0. The minimum absolute atomic E-state index is 0.291. The maximum absolute atomic E-state index is 12.7. The molecule has 0 aliphatic carbocycles. The van der Waals surface area contributed by atoms with Crippen LogP contribution < -0.4 is 5.32 Å². The molecule has 4 heteroatoms. The van der Waals surface area contributed by atoms with Crippen LogP contribution in [0.1, 0.15) is 53.4 Å². The Morgan fingerprint density at radius 2 is 1.80 bits per heavy atom. The van der Waals surface area contributed by atoms with Gasteiger partial charge in [-0.25, -0.2) is 0 Å². The average molecular weight is 283 g/mol. The summed E-state index contributed by atoms with van der Waals surface area (Å²) in [5.74, 6) is 0.291. The molecule has 1 rings (SSSR count). The fourth-order valence-electron chi connectivity index (χ4n) is 3.02. The fraction of sp³-hybridized carbons (Fsp3) is 0.938. The second-order valence-electron chi connectivity index (χ2n) is 5.98. The van der Waals surface area contributed by atoms with E-state index in [0.29, 0.717) is 5.91 Å². The minimum Gasteiger partial charge on any atom is -0.341 e. The Hall–Kier alpha value is -0.610. The van der Waals surface area contributed by atoms with Gasteiger partial charge in [0.25, 0.3) is 0 Å². The lowest BCUT2D eigenvalue weighted by Gasteiger charge is -2.38. The van der Waals surface area contributed by atoms with E-state index in [4.69, 9.17) is 0 Å². The summed E-state index contributed by atoms with van der Waals surface area (Å²) in [7, 11) is 0. The Bertz CT molecular complexity index is 283. The van der Waals surface area contributed by atoms with Crippen molar-refractivity contribution < 1.29 is 4.79 Å². The summed E-state index contributed by atoms with van der Waals surface area (Å²) in [5.41, 5.74) is -0.330. The Morgan fingerprint density at radius 1 is 1.10 bits per heavy atom. The monoisotopic (exact) mass is 283 g/mol. The maximum Gasteiger partial charge on any atom is 0.242 e. The molecule has 1 N–H and O–H groups in total. The molecule has 0 aromatic heterocycles. The largest absolute Gasteiger partial charge is 0.341 e. The summed E-state index contributed by atoms with van der Waals surface area (Å²) < 4.78 is 0. The molecule has 1 saturated heterocycles. The first-order chi connectivity index (χ1) is 9.57. The van der Waals surface area contributed by atoms with Gasteiger partial charge in [0.05, 0.1) is 5.54 Å². The van der Waals surface area contributed by atoms with E-state index in [0.717, 1.165) is 58.5 Å². The van der Waals surface area contributed by atoms with Crippen molar-refractivity contribution in [2.24, 2.45) is 0 Å². The molecule has 20 heavy (non-hydrogen) atoms. The molecule has 1 aliphatic heterocycles. The van der Waals surface area contributed by atoms with Crippen LogP contribution in [0.15, 0.2) is 0 Å². The zero-order valence-electron chi connectivity index (χ0n) is 13.9. The molecule has 1 unspecified atom stereocenters. The number of rotatable bonds is 8. The van der Waals surface area contributed by atoms with Crippen molar-refractivity contribution in [3.8, 4) is 0 Å². The summed E-state index contributed by atoms with van der Waals surface area (Å²) in [4.78, 5) is 17.2. The smallest absolute Gasteiger partial charge is 0.242 e. The van der Waals surface area contributed by atoms with E-state index in [1.807, 2.05) is 4.90 Å². The van der Waals surface area contributed by atoms with E-state index in [9.17, 15) is 4.79 Å². The van der Waals surface area contributed by atoms with Crippen LogP contribution in [-0.2, 0) is 4.79 Å². The molecule has 0 aromatic rings. The van der Waals surface area contributed by atoms with E-state index >= 15 is 0 Å². The predicted molar refractivity (Wildman–Crippen MR) is 84.9 cm³/mol. The third-order valence-electron chi connectivity index (χ3n) is 4.56. The van der Waals surface area contributed by atoms with Gasteiger partial charge in [-0.3, -0.25) is 4.79 Å². The van der Waals surface area contributed by atoms with Crippen molar-refractivity contribution in [3.05, 3.63) is 0 Å². The van der Waals surface area contributed by atoms with Crippen LogP contribution in [0, 0.1) is 0 Å². The number of amides is 1. The highest BCUT2D eigenvalue weighted by molar-refractivity contribution is 5.86. The summed E-state index contributed by atoms with van der Waals surface area (Å²) in [6.45, 7) is 14.5. The summed E-state index contributed by atoms with van der Waals surface area (Å²) in [6.07, 6.45) is 4.39. The van der Waals surface area contributed by atoms with Gasteiger partial charge in [-0.1, -0.05) is 13.8 Å². The van der Waals surface area contributed by atoms with Crippen molar-refractivity contribution >= 4 is 5.91 Å². The lowest BCUT2D eigenvalue weighted by atomic mass is 9.89. The molecule has 0 spiro atoms. The van der Waals surface area contributed by atoms with Crippen molar-refractivity contribution in [1.29, 1.82) is 0 Å².